The lowest BCUT2D eigenvalue weighted by molar-refractivity contribution is 0.0954. The van der Waals surface area contributed by atoms with Gasteiger partial charge in [-0.25, -0.2) is 0 Å². The topological polar surface area (TPSA) is 80.0 Å². The molecule has 2 rings (SSSR count). The summed E-state index contributed by atoms with van der Waals surface area (Å²) in [6.45, 7) is 4.18. The van der Waals surface area contributed by atoms with Crippen molar-refractivity contribution < 1.29 is 9.32 Å². The zero-order valence-corrected chi connectivity index (χ0v) is 11.9. The average Bonchev–Trinajstić information content (AvgIpc) is 2.84. The standard InChI is InChI=1S/C14H18N4O2/c1-9-8-11(4-5-12(9)15-3)14(19)16-7-6-13-17-10(2)20-18-13/h4-5,8,15H,6-7H2,1-3H3,(H,16,19). The maximum Gasteiger partial charge on any atom is 0.251 e. The maximum atomic E-state index is 12.0. The van der Waals surface area contributed by atoms with Crippen molar-refractivity contribution in [2.75, 3.05) is 18.9 Å². The number of amides is 1. The van der Waals surface area contributed by atoms with Crippen LogP contribution >= 0.6 is 0 Å². The zero-order valence-electron chi connectivity index (χ0n) is 11.9. The first-order valence-electron chi connectivity index (χ1n) is 6.46. The molecule has 106 valence electrons. The SMILES string of the molecule is CNc1ccc(C(=O)NCCc2noc(C)n2)cc1C. The smallest absolute Gasteiger partial charge is 0.251 e. The lowest BCUT2D eigenvalue weighted by atomic mass is 10.1. The maximum absolute atomic E-state index is 12.0. The first-order valence-corrected chi connectivity index (χ1v) is 6.46. The van der Waals surface area contributed by atoms with Crippen LogP contribution in [-0.4, -0.2) is 29.6 Å². The van der Waals surface area contributed by atoms with E-state index in [-0.39, 0.29) is 5.91 Å². The lowest BCUT2D eigenvalue weighted by Gasteiger charge is -2.08. The molecule has 0 unspecified atom stereocenters. The van der Waals surface area contributed by atoms with Crippen LogP contribution in [0, 0.1) is 13.8 Å². The molecule has 1 amide bonds. The van der Waals surface area contributed by atoms with Gasteiger partial charge in [-0.2, -0.15) is 4.98 Å². The molecule has 6 nitrogen and oxygen atoms in total. The summed E-state index contributed by atoms with van der Waals surface area (Å²) in [5.74, 6) is 1.03. The van der Waals surface area contributed by atoms with E-state index in [1.54, 1.807) is 13.0 Å². The molecule has 0 bridgehead atoms. The van der Waals surface area contributed by atoms with Crippen LogP contribution in [0.25, 0.3) is 0 Å². The summed E-state index contributed by atoms with van der Waals surface area (Å²) < 4.78 is 4.87. The number of nitrogens with one attached hydrogen (secondary N) is 2. The molecule has 0 radical (unpaired) electrons. The summed E-state index contributed by atoms with van der Waals surface area (Å²) in [7, 11) is 1.86. The highest BCUT2D eigenvalue weighted by molar-refractivity contribution is 5.94. The molecule has 6 heteroatoms. The second kappa shape index (κ2) is 6.18. The normalized spacial score (nSPS) is 10.3. The van der Waals surface area contributed by atoms with Gasteiger partial charge in [-0.1, -0.05) is 5.16 Å². The van der Waals surface area contributed by atoms with Crippen LogP contribution in [0.5, 0.6) is 0 Å². The fraction of sp³-hybridized carbons (Fsp3) is 0.357. The molecule has 2 aromatic rings. The average molecular weight is 274 g/mol. The molecular formula is C14H18N4O2. The van der Waals surface area contributed by atoms with Crippen molar-refractivity contribution >= 4 is 11.6 Å². The Morgan fingerprint density at radius 2 is 2.15 bits per heavy atom. The van der Waals surface area contributed by atoms with Crippen LogP contribution in [0.15, 0.2) is 22.7 Å². The summed E-state index contributed by atoms with van der Waals surface area (Å²) in [4.78, 5) is 16.1. The Morgan fingerprint density at radius 1 is 1.35 bits per heavy atom. The summed E-state index contributed by atoms with van der Waals surface area (Å²) in [6.07, 6.45) is 0.552. The lowest BCUT2D eigenvalue weighted by Crippen LogP contribution is -2.26. The van der Waals surface area contributed by atoms with Crippen LogP contribution < -0.4 is 10.6 Å². The first-order chi connectivity index (χ1) is 9.60. The predicted molar refractivity (Wildman–Crippen MR) is 75.8 cm³/mol. The van der Waals surface area contributed by atoms with Gasteiger partial charge in [-0.15, -0.1) is 0 Å². The Bertz CT molecular complexity index is 607. The van der Waals surface area contributed by atoms with E-state index in [0.717, 1.165) is 11.3 Å². The number of benzene rings is 1. The molecule has 0 aliphatic rings. The first kappa shape index (κ1) is 14.0. The van der Waals surface area contributed by atoms with Crippen LogP contribution in [0.4, 0.5) is 5.69 Å². The molecule has 0 saturated carbocycles. The van der Waals surface area contributed by atoms with E-state index >= 15 is 0 Å². The van der Waals surface area contributed by atoms with E-state index in [0.29, 0.717) is 30.2 Å². The van der Waals surface area contributed by atoms with Crippen molar-refractivity contribution in [2.24, 2.45) is 0 Å². The van der Waals surface area contributed by atoms with E-state index in [4.69, 9.17) is 4.52 Å². The van der Waals surface area contributed by atoms with E-state index in [1.165, 1.54) is 0 Å². The molecule has 0 fully saturated rings. The van der Waals surface area contributed by atoms with Gasteiger partial charge in [0.15, 0.2) is 5.82 Å². The monoisotopic (exact) mass is 274 g/mol. The van der Waals surface area contributed by atoms with Gasteiger partial charge in [0.05, 0.1) is 0 Å². The molecule has 0 saturated heterocycles. The molecule has 0 spiro atoms. The molecule has 1 aromatic heterocycles. The molecule has 20 heavy (non-hydrogen) atoms. The minimum Gasteiger partial charge on any atom is -0.388 e. The summed E-state index contributed by atoms with van der Waals surface area (Å²) in [5, 5.41) is 9.69. The van der Waals surface area contributed by atoms with Crippen molar-refractivity contribution in [1.29, 1.82) is 0 Å². The van der Waals surface area contributed by atoms with Gasteiger partial charge in [0.1, 0.15) is 0 Å². The van der Waals surface area contributed by atoms with E-state index in [9.17, 15) is 4.79 Å². The molecule has 0 atom stereocenters. The highest BCUT2D eigenvalue weighted by Gasteiger charge is 2.08. The Kier molecular flexibility index (Phi) is 4.34. The fourth-order valence-electron chi connectivity index (χ4n) is 1.92. The van der Waals surface area contributed by atoms with Crippen LogP contribution in [-0.2, 0) is 6.42 Å². The number of aromatic nitrogens is 2. The third-order valence-corrected chi connectivity index (χ3v) is 2.96. The van der Waals surface area contributed by atoms with Gasteiger partial charge in [0.2, 0.25) is 5.89 Å². The third kappa shape index (κ3) is 3.34. The molecule has 0 aliphatic carbocycles. The zero-order chi connectivity index (χ0) is 14.5. The highest BCUT2D eigenvalue weighted by Crippen LogP contribution is 2.15. The highest BCUT2D eigenvalue weighted by atomic mass is 16.5. The largest absolute Gasteiger partial charge is 0.388 e. The van der Waals surface area contributed by atoms with Crippen molar-refractivity contribution in [3.05, 3.63) is 41.0 Å². The molecule has 1 heterocycles. The number of nitrogens with zero attached hydrogens (tertiary/aromatic N) is 2. The Hall–Kier alpha value is -2.37. The summed E-state index contributed by atoms with van der Waals surface area (Å²) >= 11 is 0. The molecule has 0 aliphatic heterocycles. The van der Waals surface area contributed by atoms with Crippen molar-refractivity contribution in [3.8, 4) is 0 Å². The van der Waals surface area contributed by atoms with Crippen molar-refractivity contribution in [1.82, 2.24) is 15.5 Å². The molecule has 2 N–H and O–H groups in total. The van der Waals surface area contributed by atoms with E-state index in [1.807, 2.05) is 26.1 Å². The van der Waals surface area contributed by atoms with Gasteiger partial charge < -0.3 is 15.2 Å². The number of anilines is 1. The van der Waals surface area contributed by atoms with Gasteiger partial charge in [0.25, 0.3) is 5.91 Å². The second-order valence-electron chi connectivity index (χ2n) is 4.52. The van der Waals surface area contributed by atoms with Gasteiger partial charge in [0, 0.05) is 38.2 Å². The number of carbonyl (C=O) groups is 1. The molecular weight excluding hydrogens is 256 g/mol. The van der Waals surface area contributed by atoms with Crippen molar-refractivity contribution in [3.63, 3.8) is 0 Å². The second-order valence-corrected chi connectivity index (χ2v) is 4.52. The van der Waals surface area contributed by atoms with Crippen molar-refractivity contribution in [2.45, 2.75) is 20.3 Å². The Morgan fingerprint density at radius 3 is 2.75 bits per heavy atom. The number of hydrogen-bond donors (Lipinski definition) is 2. The van der Waals surface area contributed by atoms with Crippen LogP contribution in [0.2, 0.25) is 0 Å². The quantitative estimate of drug-likeness (QED) is 0.867. The van der Waals surface area contributed by atoms with Crippen LogP contribution in [0.3, 0.4) is 0 Å². The fourth-order valence-corrected chi connectivity index (χ4v) is 1.92. The summed E-state index contributed by atoms with van der Waals surface area (Å²) in [6, 6.07) is 5.55. The minimum atomic E-state index is -0.101. The number of hydrogen-bond acceptors (Lipinski definition) is 5. The predicted octanol–water partition coefficient (Wildman–Crippen LogP) is 1.70. The number of rotatable bonds is 5. The molecule has 1 aromatic carbocycles. The van der Waals surface area contributed by atoms with E-state index < -0.39 is 0 Å². The van der Waals surface area contributed by atoms with Gasteiger partial charge in [-0.05, 0) is 30.7 Å². The number of carbonyl (C=O) groups excluding carboxylic acids is 1. The number of aryl methyl sites for hydroxylation is 2. The Balaban J connectivity index is 1.90. The minimum absolute atomic E-state index is 0.101. The third-order valence-electron chi connectivity index (χ3n) is 2.96. The van der Waals surface area contributed by atoms with Gasteiger partial charge in [-0.3, -0.25) is 4.79 Å². The Labute approximate surface area is 117 Å². The summed E-state index contributed by atoms with van der Waals surface area (Å²) in [5.41, 5.74) is 2.70. The van der Waals surface area contributed by atoms with E-state index in [2.05, 4.69) is 20.8 Å². The van der Waals surface area contributed by atoms with Crippen LogP contribution in [0.1, 0.15) is 27.6 Å². The van der Waals surface area contributed by atoms with Gasteiger partial charge >= 0.3 is 0 Å².